The zero-order valence-electron chi connectivity index (χ0n) is 19.0. The van der Waals surface area contributed by atoms with Crippen LogP contribution in [0.1, 0.15) is 34.1 Å². The molecule has 8 nitrogen and oxygen atoms in total. The van der Waals surface area contributed by atoms with Gasteiger partial charge in [0.15, 0.2) is 5.82 Å². The molecule has 4 aromatic rings. The number of carboxylic acid groups (broad SMARTS) is 1. The van der Waals surface area contributed by atoms with Gasteiger partial charge in [-0.05, 0) is 50.1 Å². The lowest BCUT2D eigenvalue weighted by Gasteiger charge is -2.15. The first-order chi connectivity index (χ1) is 15.9. The van der Waals surface area contributed by atoms with Crippen molar-refractivity contribution < 1.29 is 14.6 Å². The topological polar surface area (TPSA) is 102 Å². The zero-order chi connectivity index (χ0) is 23.5. The lowest BCUT2D eigenvalue weighted by molar-refractivity contribution is 0.0698. The number of aromatic nitrogens is 4. The average molecular weight is 444 g/mol. The molecule has 4 rings (SSSR count). The van der Waals surface area contributed by atoms with Gasteiger partial charge < -0.3 is 15.2 Å². The summed E-state index contributed by atoms with van der Waals surface area (Å²) in [5.41, 5.74) is 4.94. The molecule has 1 aromatic carbocycles. The van der Waals surface area contributed by atoms with Gasteiger partial charge in [0.05, 0.1) is 24.1 Å². The van der Waals surface area contributed by atoms with Crippen LogP contribution in [0.2, 0.25) is 0 Å². The quantitative estimate of drug-likeness (QED) is 0.416. The van der Waals surface area contributed by atoms with Crippen LogP contribution in [0.4, 0.5) is 11.5 Å². The third kappa shape index (κ3) is 4.27. The van der Waals surface area contributed by atoms with Crippen molar-refractivity contribution in [1.29, 1.82) is 0 Å². The molecule has 0 aliphatic rings. The fourth-order valence-corrected chi connectivity index (χ4v) is 3.70. The lowest BCUT2D eigenvalue weighted by Crippen LogP contribution is -2.09. The summed E-state index contributed by atoms with van der Waals surface area (Å²) in [7, 11) is 1.57. The predicted molar refractivity (Wildman–Crippen MR) is 127 cm³/mol. The van der Waals surface area contributed by atoms with E-state index < -0.39 is 5.97 Å². The van der Waals surface area contributed by atoms with Crippen LogP contribution >= 0.6 is 0 Å². The zero-order valence-corrected chi connectivity index (χ0v) is 19.0. The first-order valence-electron chi connectivity index (χ1n) is 10.6. The standard InChI is InChI=1S/C25H25N5O3/c1-5-19-22(17-9-11-21(33-4)27-14-17)24(30(29-19)23-16(3)7-6-12-26-23)28-20-10-8-15(2)13-18(20)25(31)32/h6-14,28H,5H2,1-4H3,(H,31,32). The molecule has 0 amide bonds. The number of hydrogen-bond acceptors (Lipinski definition) is 6. The number of carboxylic acids is 1. The molecule has 2 N–H and O–H groups in total. The van der Waals surface area contributed by atoms with Crippen LogP contribution in [0, 0.1) is 13.8 Å². The second-order valence-corrected chi connectivity index (χ2v) is 7.65. The molecule has 0 saturated carbocycles. The summed E-state index contributed by atoms with van der Waals surface area (Å²) in [5.74, 6) is 0.772. The van der Waals surface area contributed by atoms with Gasteiger partial charge in [-0.3, -0.25) is 0 Å². The number of anilines is 2. The van der Waals surface area contributed by atoms with Gasteiger partial charge in [0.1, 0.15) is 5.82 Å². The van der Waals surface area contributed by atoms with Gasteiger partial charge in [0.2, 0.25) is 5.88 Å². The number of nitrogens with zero attached hydrogens (tertiary/aromatic N) is 4. The molecule has 0 aliphatic heterocycles. The smallest absolute Gasteiger partial charge is 0.337 e. The Balaban J connectivity index is 1.97. The minimum absolute atomic E-state index is 0.178. The van der Waals surface area contributed by atoms with E-state index in [1.54, 1.807) is 42.4 Å². The SMILES string of the molecule is CCc1nn(-c2ncccc2C)c(Nc2ccc(C)cc2C(=O)O)c1-c1ccc(OC)nc1. The Morgan fingerprint density at radius 1 is 1.15 bits per heavy atom. The molecule has 0 radical (unpaired) electrons. The number of methoxy groups -OCH3 is 1. The van der Waals surface area contributed by atoms with Crippen molar-refractivity contribution in [2.45, 2.75) is 27.2 Å². The third-order valence-electron chi connectivity index (χ3n) is 5.37. The number of nitrogens with one attached hydrogen (secondary N) is 1. The van der Waals surface area contributed by atoms with E-state index >= 15 is 0 Å². The Morgan fingerprint density at radius 2 is 1.97 bits per heavy atom. The minimum atomic E-state index is -1.01. The van der Waals surface area contributed by atoms with Gasteiger partial charge in [0.25, 0.3) is 0 Å². The monoisotopic (exact) mass is 443 g/mol. The van der Waals surface area contributed by atoms with Crippen LogP contribution < -0.4 is 10.1 Å². The van der Waals surface area contributed by atoms with Crippen molar-refractivity contribution >= 4 is 17.5 Å². The van der Waals surface area contributed by atoms with E-state index in [0.717, 1.165) is 27.9 Å². The molecule has 0 aliphatic carbocycles. The Hall–Kier alpha value is -4.20. The van der Waals surface area contributed by atoms with E-state index in [0.29, 0.717) is 29.6 Å². The van der Waals surface area contributed by atoms with E-state index in [1.807, 2.05) is 45.0 Å². The van der Waals surface area contributed by atoms with E-state index in [9.17, 15) is 9.90 Å². The number of benzene rings is 1. The fourth-order valence-electron chi connectivity index (χ4n) is 3.70. The number of aromatic carboxylic acids is 1. The Labute approximate surface area is 191 Å². The van der Waals surface area contributed by atoms with E-state index in [1.165, 1.54) is 0 Å². The highest BCUT2D eigenvalue weighted by Gasteiger charge is 2.23. The van der Waals surface area contributed by atoms with Crippen molar-refractivity contribution in [3.63, 3.8) is 0 Å². The van der Waals surface area contributed by atoms with Gasteiger partial charge in [0, 0.05) is 29.6 Å². The Morgan fingerprint density at radius 3 is 2.61 bits per heavy atom. The molecule has 168 valence electrons. The Bertz CT molecular complexity index is 1310. The molecule has 0 spiro atoms. The molecule has 0 bridgehead atoms. The van der Waals surface area contributed by atoms with Gasteiger partial charge >= 0.3 is 5.97 Å². The summed E-state index contributed by atoms with van der Waals surface area (Å²) < 4.78 is 6.94. The van der Waals surface area contributed by atoms with Crippen LogP contribution in [0.5, 0.6) is 5.88 Å². The maximum atomic E-state index is 12.0. The summed E-state index contributed by atoms with van der Waals surface area (Å²) in [6.07, 6.45) is 4.10. The van der Waals surface area contributed by atoms with Gasteiger partial charge in [-0.1, -0.05) is 24.6 Å². The number of carbonyl (C=O) groups is 1. The molecule has 0 saturated heterocycles. The Kier molecular flexibility index (Phi) is 6.08. The van der Waals surface area contributed by atoms with Crippen molar-refractivity contribution in [2.75, 3.05) is 12.4 Å². The molecular weight excluding hydrogens is 418 g/mol. The molecule has 33 heavy (non-hydrogen) atoms. The summed E-state index contributed by atoms with van der Waals surface area (Å²) in [5, 5.41) is 18.0. The molecular formula is C25H25N5O3. The molecule has 0 atom stereocenters. The normalized spacial score (nSPS) is 10.8. The van der Waals surface area contributed by atoms with E-state index in [-0.39, 0.29) is 5.56 Å². The van der Waals surface area contributed by atoms with Crippen LogP contribution in [-0.4, -0.2) is 37.9 Å². The second-order valence-electron chi connectivity index (χ2n) is 7.65. The highest BCUT2D eigenvalue weighted by Crippen LogP contribution is 2.37. The van der Waals surface area contributed by atoms with Crippen LogP contribution in [0.15, 0.2) is 54.9 Å². The van der Waals surface area contributed by atoms with Crippen LogP contribution in [-0.2, 0) is 6.42 Å². The largest absolute Gasteiger partial charge is 0.481 e. The summed E-state index contributed by atoms with van der Waals surface area (Å²) in [6, 6.07) is 12.8. The van der Waals surface area contributed by atoms with Crippen LogP contribution in [0.25, 0.3) is 16.9 Å². The highest BCUT2D eigenvalue weighted by atomic mass is 16.5. The summed E-state index contributed by atoms with van der Waals surface area (Å²) in [4.78, 5) is 20.9. The highest BCUT2D eigenvalue weighted by molar-refractivity contribution is 5.96. The van der Waals surface area contributed by atoms with E-state index in [4.69, 9.17) is 9.84 Å². The average Bonchev–Trinajstić information content (AvgIpc) is 3.18. The third-order valence-corrected chi connectivity index (χ3v) is 5.37. The molecule has 3 aromatic heterocycles. The number of aryl methyl sites for hydroxylation is 3. The maximum Gasteiger partial charge on any atom is 0.337 e. The molecule has 8 heteroatoms. The fraction of sp³-hybridized carbons (Fsp3) is 0.200. The van der Waals surface area contributed by atoms with Crippen molar-refractivity contribution in [3.05, 3.63) is 77.2 Å². The van der Waals surface area contributed by atoms with Gasteiger partial charge in [-0.15, -0.1) is 0 Å². The lowest BCUT2D eigenvalue weighted by atomic mass is 10.0. The minimum Gasteiger partial charge on any atom is -0.481 e. The number of ether oxygens (including phenoxy) is 1. The molecule has 0 fully saturated rings. The van der Waals surface area contributed by atoms with Gasteiger partial charge in [-0.25, -0.2) is 14.8 Å². The van der Waals surface area contributed by atoms with Crippen LogP contribution in [0.3, 0.4) is 0 Å². The molecule has 3 heterocycles. The second kappa shape index (κ2) is 9.12. The first-order valence-corrected chi connectivity index (χ1v) is 10.6. The van der Waals surface area contributed by atoms with Gasteiger partial charge in [-0.2, -0.15) is 9.78 Å². The van der Waals surface area contributed by atoms with Crippen molar-refractivity contribution in [1.82, 2.24) is 19.7 Å². The first kappa shape index (κ1) is 22.0. The summed E-state index contributed by atoms with van der Waals surface area (Å²) >= 11 is 0. The number of rotatable bonds is 7. The van der Waals surface area contributed by atoms with Crippen molar-refractivity contribution in [3.8, 4) is 22.8 Å². The van der Waals surface area contributed by atoms with E-state index in [2.05, 4.69) is 15.3 Å². The molecule has 0 unspecified atom stereocenters. The maximum absolute atomic E-state index is 12.0. The summed E-state index contributed by atoms with van der Waals surface area (Å²) in [6.45, 7) is 5.85. The van der Waals surface area contributed by atoms with Crippen molar-refractivity contribution in [2.24, 2.45) is 0 Å². The number of hydrogen-bond donors (Lipinski definition) is 2. The predicted octanol–water partition coefficient (Wildman–Crippen LogP) is 4.96. The number of pyridine rings is 2.